The van der Waals surface area contributed by atoms with E-state index in [1.807, 2.05) is 48.5 Å². The van der Waals surface area contributed by atoms with Crippen LogP contribution in [-0.2, 0) is 5.54 Å². The Kier molecular flexibility index (Phi) is 5.68. The quantitative estimate of drug-likeness (QED) is 0.664. The van der Waals surface area contributed by atoms with Crippen LogP contribution in [0.2, 0.25) is 0 Å². The van der Waals surface area contributed by atoms with E-state index in [-0.39, 0.29) is 12.4 Å². The molecule has 0 spiro atoms. The van der Waals surface area contributed by atoms with Crippen LogP contribution in [0.5, 0.6) is 5.75 Å². The van der Waals surface area contributed by atoms with Crippen molar-refractivity contribution >= 4 is 23.8 Å². The molecule has 6 nitrogen and oxygen atoms in total. The van der Waals surface area contributed by atoms with Gasteiger partial charge in [-0.3, -0.25) is 0 Å². The maximum absolute atomic E-state index is 6.45. The summed E-state index contributed by atoms with van der Waals surface area (Å²) in [6.07, 6.45) is 4.02. The number of para-hydroxylation sites is 1. The van der Waals surface area contributed by atoms with Crippen LogP contribution in [0.4, 0.5) is 11.4 Å². The summed E-state index contributed by atoms with van der Waals surface area (Å²) in [5.74, 6) is 1.90. The van der Waals surface area contributed by atoms with E-state index in [1.165, 1.54) is 0 Å². The number of nitrogens with zero attached hydrogens (tertiary/aromatic N) is 2. The van der Waals surface area contributed by atoms with Gasteiger partial charge >= 0.3 is 0 Å². The Labute approximate surface area is 164 Å². The number of hydrogen-bond acceptors (Lipinski definition) is 6. The molecule has 0 atom stereocenters. The molecule has 0 radical (unpaired) electrons. The van der Waals surface area contributed by atoms with Gasteiger partial charge in [-0.1, -0.05) is 30.1 Å². The number of aromatic nitrogens is 2. The summed E-state index contributed by atoms with van der Waals surface area (Å²) in [4.78, 5) is 4.60. The highest BCUT2D eigenvalue weighted by molar-refractivity contribution is 5.85. The van der Waals surface area contributed by atoms with Crippen molar-refractivity contribution in [3.05, 3.63) is 54.4 Å². The predicted octanol–water partition coefficient (Wildman–Crippen LogP) is 4.64. The fraction of sp³-hybridized carbons (Fsp3) is 0.300. The first-order chi connectivity index (χ1) is 12.7. The van der Waals surface area contributed by atoms with E-state index < -0.39 is 5.54 Å². The van der Waals surface area contributed by atoms with Gasteiger partial charge in [-0.2, -0.15) is 4.98 Å². The Bertz CT molecular complexity index is 889. The lowest BCUT2D eigenvalue weighted by Crippen LogP contribution is -2.34. The lowest BCUT2D eigenvalue weighted by atomic mass is 9.98. The van der Waals surface area contributed by atoms with Gasteiger partial charge in [0, 0.05) is 5.69 Å². The Hall–Kier alpha value is -2.57. The molecule has 142 valence electrons. The number of nitrogens with one attached hydrogen (secondary N) is 1. The summed E-state index contributed by atoms with van der Waals surface area (Å²) >= 11 is 0. The molecule has 1 fully saturated rings. The number of halogens is 1. The van der Waals surface area contributed by atoms with Crippen molar-refractivity contribution in [3.63, 3.8) is 0 Å². The summed E-state index contributed by atoms with van der Waals surface area (Å²) in [7, 11) is 1.65. The molecular formula is C20H23ClN4O2. The minimum absolute atomic E-state index is 0. The molecule has 7 heteroatoms. The molecule has 1 aromatic heterocycles. The van der Waals surface area contributed by atoms with Crippen LogP contribution in [0.25, 0.3) is 11.5 Å². The van der Waals surface area contributed by atoms with E-state index >= 15 is 0 Å². The molecule has 27 heavy (non-hydrogen) atoms. The molecule has 0 saturated heterocycles. The molecule has 1 heterocycles. The molecule has 1 aliphatic carbocycles. The molecule has 4 rings (SSSR count). The number of ether oxygens (including phenoxy) is 1. The van der Waals surface area contributed by atoms with Crippen molar-refractivity contribution in [1.29, 1.82) is 0 Å². The summed E-state index contributed by atoms with van der Waals surface area (Å²) in [6, 6.07) is 15.6. The number of nitrogens with two attached hydrogens (primary N) is 1. The largest absolute Gasteiger partial charge is 0.497 e. The fourth-order valence-electron chi connectivity index (χ4n) is 3.37. The van der Waals surface area contributed by atoms with Crippen LogP contribution in [0.3, 0.4) is 0 Å². The van der Waals surface area contributed by atoms with Crippen LogP contribution in [0.15, 0.2) is 53.1 Å². The minimum atomic E-state index is -0.458. The van der Waals surface area contributed by atoms with Crippen LogP contribution < -0.4 is 15.8 Å². The van der Waals surface area contributed by atoms with E-state index in [0.29, 0.717) is 11.7 Å². The van der Waals surface area contributed by atoms with Crippen LogP contribution in [-0.4, -0.2) is 17.3 Å². The first-order valence-corrected chi connectivity index (χ1v) is 8.81. The molecule has 0 amide bonds. The highest BCUT2D eigenvalue weighted by Crippen LogP contribution is 2.36. The normalized spacial score (nSPS) is 15.2. The molecule has 1 saturated carbocycles. The van der Waals surface area contributed by atoms with Crippen molar-refractivity contribution < 1.29 is 9.26 Å². The zero-order valence-electron chi connectivity index (χ0n) is 15.1. The first-order valence-electron chi connectivity index (χ1n) is 8.81. The number of hydrogen-bond donors (Lipinski definition) is 2. The fourth-order valence-corrected chi connectivity index (χ4v) is 3.37. The lowest BCUT2D eigenvalue weighted by Gasteiger charge is -2.17. The number of methoxy groups -OCH3 is 1. The summed E-state index contributed by atoms with van der Waals surface area (Å²) in [5.41, 5.74) is 8.68. The van der Waals surface area contributed by atoms with Crippen molar-refractivity contribution in [3.8, 4) is 17.2 Å². The molecule has 0 bridgehead atoms. The van der Waals surface area contributed by atoms with E-state index in [2.05, 4.69) is 15.5 Å². The summed E-state index contributed by atoms with van der Waals surface area (Å²) in [5, 5.41) is 7.56. The summed E-state index contributed by atoms with van der Waals surface area (Å²) in [6.45, 7) is 0. The molecule has 3 N–H and O–H groups in total. The average molecular weight is 387 g/mol. The monoisotopic (exact) mass is 386 g/mol. The first kappa shape index (κ1) is 19.2. The topological polar surface area (TPSA) is 86.2 Å². The molecule has 1 aliphatic rings. The molecule has 2 aromatic carbocycles. The Morgan fingerprint density at radius 2 is 1.78 bits per heavy atom. The van der Waals surface area contributed by atoms with Crippen molar-refractivity contribution in [2.75, 3.05) is 12.4 Å². The average Bonchev–Trinajstić information content (AvgIpc) is 3.33. The van der Waals surface area contributed by atoms with E-state index in [0.717, 1.165) is 48.4 Å². The van der Waals surface area contributed by atoms with Crippen LogP contribution >= 0.6 is 12.4 Å². The molecule has 0 aliphatic heterocycles. The van der Waals surface area contributed by atoms with Gasteiger partial charge < -0.3 is 20.3 Å². The second-order valence-corrected chi connectivity index (χ2v) is 6.69. The number of rotatable bonds is 5. The van der Waals surface area contributed by atoms with Gasteiger partial charge in [0.2, 0.25) is 0 Å². The Morgan fingerprint density at radius 3 is 2.48 bits per heavy atom. The second kappa shape index (κ2) is 7.98. The highest BCUT2D eigenvalue weighted by Gasteiger charge is 2.36. The maximum Gasteiger partial charge on any atom is 0.260 e. The zero-order chi connectivity index (χ0) is 18.0. The Morgan fingerprint density at radius 1 is 1.07 bits per heavy atom. The van der Waals surface area contributed by atoms with Crippen molar-refractivity contribution in [2.45, 2.75) is 31.2 Å². The Balaban J connectivity index is 0.00000210. The zero-order valence-corrected chi connectivity index (χ0v) is 16.0. The van der Waals surface area contributed by atoms with Crippen LogP contribution in [0, 0.1) is 0 Å². The van der Waals surface area contributed by atoms with Gasteiger partial charge in [-0.25, -0.2) is 0 Å². The standard InChI is InChI=1S/C20H22N4O2.ClH/c1-25-15-10-8-14(9-11-15)22-17-7-3-2-6-16(17)18-23-19(24-26-18)20(21)12-4-5-13-20;/h2-3,6-11,22H,4-5,12-13,21H2,1H3;1H. The maximum atomic E-state index is 6.45. The van der Waals surface area contributed by atoms with E-state index in [4.69, 9.17) is 15.0 Å². The van der Waals surface area contributed by atoms with Gasteiger partial charge in [0.15, 0.2) is 5.82 Å². The van der Waals surface area contributed by atoms with Crippen molar-refractivity contribution in [2.24, 2.45) is 5.73 Å². The van der Waals surface area contributed by atoms with Gasteiger partial charge in [0.1, 0.15) is 5.75 Å². The number of benzene rings is 2. The van der Waals surface area contributed by atoms with Gasteiger partial charge in [-0.15, -0.1) is 12.4 Å². The molecule has 0 unspecified atom stereocenters. The van der Waals surface area contributed by atoms with Gasteiger partial charge in [0.05, 0.1) is 23.9 Å². The van der Waals surface area contributed by atoms with Gasteiger partial charge in [0.25, 0.3) is 5.89 Å². The van der Waals surface area contributed by atoms with E-state index in [9.17, 15) is 0 Å². The van der Waals surface area contributed by atoms with Gasteiger partial charge in [-0.05, 0) is 49.2 Å². The SMILES string of the molecule is COc1ccc(Nc2ccccc2-c2nc(C3(N)CCCC3)no2)cc1.Cl. The third-order valence-electron chi connectivity index (χ3n) is 4.89. The predicted molar refractivity (Wildman–Crippen MR) is 108 cm³/mol. The smallest absolute Gasteiger partial charge is 0.260 e. The van der Waals surface area contributed by atoms with Crippen molar-refractivity contribution in [1.82, 2.24) is 10.1 Å². The second-order valence-electron chi connectivity index (χ2n) is 6.69. The minimum Gasteiger partial charge on any atom is -0.497 e. The number of anilines is 2. The van der Waals surface area contributed by atoms with Crippen LogP contribution in [0.1, 0.15) is 31.5 Å². The lowest BCUT2D eigenvalue weighted by molar-refractivity contribution is 0.372. The highest BCUT2D eigenvalue weighted by atomic mass is 35.5. The third kappa shape index (κ3) is 3.91. The van der Waals surface area contributed by atoms with E-state index in [1.54, 1.807) is 7.11 Å². The molecular weight excluding hydrogens is 364 g/mol. The third-order valence-corrected chi connectivity index (χ3v) is 4.89. The summed E-state index contributed by atoms with van der Waals surface area (Å²) < 4.78 is 10.7. The molecule has 3 aromatic rings.